The topological polar surface area (TPSA) is 61.1 Å². The Morgan fingerprint density at radius 2 is 2.39 bits per heavy atom. The number of thioether (sulfide) groups is 1. The van der Waals surface area contributed by atoms with E-state index in [0.29, 0.717) is 10.6 Å². The van der Waals surface area contributed by atoms with E-state index >= 15 is 0 Å². The quantitative estimate of drug-likeness (QED) is 0.782. The van der Waals surface area contributed by atoms with Crippen LogP contribution in [0.3, 0.4) is 0 Å². The number of aliphatic carboxylic acids is 1. The van der Waals surface area contributed by atoms with E-state index in [2.05, 4.69) is 18.2 Å². The van der Waals surface area contributed by atoms with Gasteiger partial charge in [0.25, 0.3) is 0 Å². The summed E-state index contributed by atoms with van der Waals surface area (Å²) in [6.07, 6.45) is 8.34. The third-order valence-electron chi connectivity index (χ3n) is 2.60. The lowest BCUT2D eigenvalue weighted by Crippen LogP contribution is -2.21. The highest BCUT2D eigenvalue weighted by Crippen LogP contribution is 2.34. The monoisotopic (exact) mass is 281 g/mol. The Labute approximate surface area is 117 Å². The van der Waals surface area contributed by atoms with Crippen molar-refractivity contribution in [3.8, 4) is 6.07 Å². The number of carboxylic acids is 1. The van der Waals surface area contributed by atoms with Crippen LogP contribution in [0.25, 0.3) is 0 Å². The minimum Gasteiger partial charge on any atom is -0.481 e. The molecule has 0 radical (unpaired) electrons. The van der Waals surface area contributed by atoms with Crippen molar-refractivity contribution in [1.82, 2.24) is 0 Å². The number of carboxylic acid groups (broad SMARTS) is 1. The van der Waals surface area contributed by atoms with Gasteiger partial charge < -0.3 is 5.11 Å². The fourth-order valence-corrected chi connectivity index (χ4v) is 3.13. The lowest BCUT2D eigenvalue weighted by Gasteiger charge is -2.21. The molecule has 1 aliphatic carbocycles. The summed E-state index contributed by atoms with van der Waals surface area (Å²) >= 11 is 6.60. The van der Waals surface area contributed by atoms with E-state index < -0.39 is 10.7 Å². The van der Waals surface area contributed by atoms with E-state index in [0.717, 1.165) is 18.4 Å². The van der Waals surface area contributed by atoms with Gasteiger partial charge in [0.15, 0.2) is 0 Å². The Kier molecular flexibility index (Phi) is 5.57. The third kappa shape index (κ3) is 4.63. The first-order chi connectivity index (χ1) is 8.47. The standard InChI is InChI=1S/C13H15NO2S2/c1-13(9-14,8-7-11(15)16)18-12(17)10-5-3-2-4-6-10/h3,5-6H,2,4,7-8H2,1H3,(H,15,16). The zero-order valence-electron chi connectivity index (χ0n) is 10.2. The summed E-state index contributed by atoms with van der Waals surface area (Å²) in [5.41, 5.74) is 0.970. The van der Waals surface area contributed by atoms with Gasteiger partial charge in [-0.2, -0.15) is 5.26 Å². The summed E-state index contributed by atoms with van der Waals surface area (Å²) < 4.78 is -0.109. The molecule has 0 aromatic rings. The molecule has 0 aromatic heterocycles. The zero-order chi connectivity index (χ0) is 13.6. The summed E-state index contributed by atoms with van der Waals surface area (Å²) in [5.74, 6) is -0.889. The van der Waals surface area contributed by atoms with Crippen LogP contribution in [0.1, 0.15) is 32.6 Å². The average Bonchev–Trinajstić information content (AvgIpc) is 2.37. The van der Waals surface area contributed by atoms with E-state index in [1.807, 2.05) is 6.08 Å². The van der Waals surface area contributed by atoms with Crippen molar-refractivity contribution in [2.45, 2.75) is 37.4 Å². The van der Waals surface area contributed by atoms with Crippen molar-refractivity contribution >= 4 is 34.1 Å². The van der Waals surface area contributed by atoms with Gasteiger partial charge in [-0.3, -0.25) is 4.79 Å². The number of rotatable bonds is 5. The molecule has 1 rings (SSSR count). The Balaban J connectivity index is 2.65. The van der Waals surface area contributed by atoms with E-state index in [-0.39, 0.29) is 6.42 Å². The van der Waals surface area contributed by atoms with Crippen molar-refractivity contribution in [3.05, 3.63) is 23.8 Å². The molecule has 0 amide bonds. The molecule has 0 saturated carbocycles. The van der Waals surface area contributed by atoms with Gasteiger partial charge in [0, 0.05) is 6.42 Å². The summed E-state index contributed by atoms with van der Waals surface area (Å²) in [7, 11) is 0. The van der Waals surface area contributed by atoms with Crippen molar-refractivity contribution in [3.63, 3.8) is 0 Å². The van der Waals surface area contributed by atoms with E-state index in [4.69, 9.17) is 17.3 Å². The maximum Gasteiger partial charge on any atom is 0.303 e. The minimum absolute atomic E-state index is 0.0193. The first-order valence-corrected chi connectivity index (χ1v) is 6.92. The number of hydrogen-bond acceptors (Lipinski definition) is 4. The van der Waals surface area contributed by atoms with Crippen LogP contribution in [0, 0.1) is 11.3 Å². The van der Waals surface area contributed by atoms with Crippen LogP contribution in [0.2, 0.25) is 0 Å². The Hall–Kier alpha value is -1.12. The molecule has 1 N–H and O–H groups in total. The lowest BCUT2D eigenvalue weighted by atomic mass is 10.1. The lowest BCUT2D eigenvalue weighted by molar-refractivity contribution is -0.137. The molecule has 0 fully saturated rings. The summed E-state index contributed by atoms with van der Waals surface area (Å²) in [4.78, 5) is 10.6. The highest BCUT2D eigenvalue weighted by atomic mass is 32.2. The molecule has 96 valence electrons. The maximum absolute atomic E-state index is 10.6. The SMILES string of the molecule is CC(C#N)(CCC(=O)O)SC(=S)C1=CCCC=C1. The minimum atomic E-state index is -0.889. The summed E-state index contributed by atoms with van der Waals surface area (Å²) in [5, 5.41) is 17.9. The van der Waals surface area contributed by atoms with Crippen LogP contribution in [0.4, 0.5) is 0 Å². The maximum atomic E-state index is 10.6. The smallest absolute Gasteiger partial charge is 0.303 e. The third-order valence-corrected chi connectivity index (χ3v) is 4.25. The predicted molar refractivity (Wildman–Crippen MR) is 77.5 cm³/mol. The fourth-order valence-electron chi connectivity index (χ4n) is 1.50. The zero-order valence-corrected chi connectivity index (χ0v) is 11.8. The second-order valence-electron chi connectivity index (χ2n) is 4.27. The van der Waals surface area contributed by atoms with Gasteiger partial charge in [-0.1, -0.05) is 42.2 Å². The first-order valence-electron chi connectivity index (χ1n) is 5.70. The molecule has 3 nitrogen and oxygen atoms in total. The molecule has 18 heavy (non-hydrogen) atoms. The molecule has 0 heterocycles. The van der Waals surface area contributed by atoms with E-state index in [1.54, 1.807) is 6.92 Å². The van der Waals surface area contributed by atoms with Gasteiger partial charge in [-0.15, -0.1) is 0 Å². The van der Waals surface area contributed by atoms with Crippen LogP contribution in [-0.2, 0) is 4.79 Å². The summed E-state index contributed by atoms with van der Waals surface area (Å²) in [6, 6.07) is 2.16. The van der Waals surface area contributed by atoms with Crippen LogP contribution in [-0.4, -0.2) is 20.0 Å². The normalized spacial score (nSPS) is 17.4. The van der Waals surface area contributed by atoms with Crippen molar-refractivity contribution < 1.29 is 9.90 Å². The van der Waals surface area contributed by atoms with Gasteiger partial charge >= 0.3 is 5.97 Å². The van der Waals surface area contributed by atoms with Gasteiger partial charge in [0.2, 0.25) is 0 Å². The number of nitriles is 1. The molecule has 1 unspecified atom stereocenters. The van der Waals surface area contributed by atoms with E-state index in [9.17, 15) is 10.1 Å². The second kappa shape index (κ2) is 6.72. The average molecular weight is 281 g/mol. The van der Waals surface area contributed by atoms with Gasteiger partial charge in [-0.25, -0.2) is 0 Å². The number of hydrogen-bond donors (Lipinski definition) is 1. The van der Waals surface area contributed by atoms with Crippen molar-refractivity contribution in [1.29, 1.82) is 5.26 Å². The Morgan fingerprint density at radius 1 is 1.67 bits per heavy atom. The Morgan fingerprint density at radius 3 is 2.89 bits per heavy atom. The molecule has 0 aliphatic heterocycles. The van der Waals surface area contributed by atoms with Gasteiger partial charge in [0.1, 0.15) is 4.75 Å². The fraction of sp³-hybridized carbons (Fsp3) is 0.462. The number of carbonyl (C=O) groups is 1. The molecule has 5 heteroatoms. The van der Waals surface area contributed by atoms with Crippen LogP contribution in [0.15, 0.2) is 23.8 Å². The highest BCUT2D eigenvalue weighted by Gasteiger charge is 2.28. The molecular weight excluding hydrogens is 266 g/mol. The molecule has 0 aromatic carbocycles. The molecule has 1 atom stereocenters. The Bertz CT molecular complexity index is 448. The van der Waals surface area contributed by atoms with Crippen LogP contribution < -0.4 is 0 Å². The molecule has 0 spiro atoms. The second-order valence-corrected chi connectivity index (χ2v) is 6.45. The van der Waals surface area contributed by atoms with Gasteiger partial charge in [-0.05, 0) is 31.8 Å². The number of allylic oxidation sites excluding steroid dienone is 3. The number of thiocarbonyl (C=S) groups is 1. The van der Waals surface area contributed by atoms with Crippen molar-refractivity contribution in [2.75, 3.05) is 0 Å². The van der Waals surface area contributed by atoms with Gasteiger partial charge in [0.05, 0.1) is 10.3 Å². The molecule has 0 bridgehead atoms. The largest absolute Gasteiger partial charge is 0.481 e. The molecule has 1 aliphatic rings. The highest BCUT2D eigenvalue weighted by molar-refractivity contribution is 8.24. The first kappa shape index (κ1) is 14.9. The van der Waals surface area contributed by atoms with Crippen LogP contribution in [0.5, 0.6) is 0 Å². The molecule has 0 saturated heterocycles. The summed E-state index contributed by atoms with van der Waals surface area (Å²) in [6.45, 7) is 1.74. The molecular formula is C13H15NO2S2. The van der Waals surface area contributed by atoms with Crippen molar-refractivity contribution in [2.24, 2.45) is 0 Å². The number of nitrogens with zero attached hydrogens (tertiary/aromatic N) is 1. The predicted octanol–water partition coefficient (Wildman–Crippen LogP) is 3.47. The van der Waals surface area contributed by atoms with Crippen LogP contribution >= 0.6 is 24.0 Å². The van der Waals surface area contributed by atoms with E-state index in [1.165, 1.54) is 11.8 Å².